The monoisotopic (exact) mass is 895 g/mol. The minimum absolute atomic E-state index is 0.0660. The lowest BCUT2D eigenvalue weighted by molar-refractivity contribution is 0.0431. The highest BCUT2D eigenvalue weighted by Crippen LogP contribution is 2.37. The summed E-state index contributed by atoms with van der Waals surface area (Å²) in [6.07, 6.45) is 11.5. The fourth-order valence-corrected chi connectivity index (χ4v) is 11.5. The van der Waals surface area contributed by atoms with Gasteiger partial charge in [-0.3, -0.25) is 33.5 Å². The van der Waals surface area contributed by atoms with Crippen LogP contribution in [0.1, 0.15) is 117 Å². The number of carbonyl (C=O) groups is 1. The number of aliphatic hydroxyl groups excluding tert-OH is 1. The molecule has 2 saturated heterocycles. The Bertz CT molecular complexity index is 2710. The molecule has 10 rings (SSSR count). The predicted octanol–water partition coefficient (Wildman–Crippen LogP) is 6.84. The molecule has 0 unspecified atom stereocenters. The van der Waals surface area contributed by atoms with Gasteiger partial charge in [0.15, 0.2) is 0 Å². The third kappa shape index (κ3) is 8.39. The molecular weight excluding hydrogens is 829 g/mol. The quantitative estimate of drug-likeness (QED) is 0.133. The summed E-state index contributed by atoms with van der Waals surface area (Å²) in [4.78, 5) is 46.0. The lowest BCUT2D eigenvalue weighted by Gasteiger charge is -2.39. The van der Waals surface area contributed by atoms with Crippen LogP contribution in [0.2, 0.25) is 0 Å². The average molecular weight is 895 g/mol. The van der Waals surface area contributed by atoms with Crippen LogP contribution in [-0.4, -0.2) is 113 Å². The number of hydrogen-bond acceptors (Lipinski definition) is 12. The second-order valence-corrected chi connectivity index (χ2v) is 20.0. The standard InChI is InChI=1S/C51H66N12O3/c1-51(2,3)63(37-23-27-60(29-37)47-21-8-18-44-55-38(42(32-64)61(44)47)30-57(4)40-16-6-12-34-14-10-24-53-48(34)40)50(65)66-33-43-39(31-58(5)41-17-7-13-35-15-11-25-54-49(35)41)56-45-19-9-20-46(62(43)45)59-26-22-36(52)28-59/h8-11,14-15,18-21,24-25,36-37,40-41,64H,6-7,12-13,16-17,22-23,26-33,52H2,1-5H3/t36-,37-,40+,41+/m1/s1. The predicted molar refractivity (Wildman–Crippen MR) is 256 cm³/mol. The van der Waals surface area contributed by atoms with Crippen molar-refractivity contribution in [2.45, 2.75) is 128 Å². The van der Waals surface area contributed by atoms with E-state index < -0.39 is 5.54 Å². The second-order valence-electron chi connectivity index (χ2n) is 20.0. The van der Waals surface area contributed by atoms with Crippen LogP contribution in [-0.2, 0) is 43.9 Å². The van der Waals surface area contributed by atoms with Crippen LogP contribution in [0, 0.1) is 0 Å². The number of aryl methyl sites for hydroxylation is 2. The number of ether oxygens (including phenoxy) is 1. The van der Waals surface area contributed by atoms with Gasteiger partial charge in [0, 0.05) is 63.2 Å². The summed E-state index contributed by atoms with van der Waals surface area (Å²) < 4.78 is 10.8. The van der Waals surface area contributed by atoms with Gasteiger partial charge in [0.25, 0.3) is 0 Å². The molecule has 6 aromatic rings. The highest BCUT2D eigenvalue weighted by Gasteiger charge is 2.40. The number of hydrogen-bond donors (Lipinski definition) is 2. The number of nitrogens with zero attached hydrogens (tertiary/aromatic N) is 11. The van der Waals surface area contributed by atoms with E-state index in [4.69, 9.17) is 30.4 Å². The number of pyridine rings is 4. The van der Waals surface area contributed by atoms with Crippen molar-refractivity contribution in [3.05, 3.63) is 118 Å². The number of aliphatic hydroxyl groups is 1. The van der Waals surface area contributed by atoms with Crippen molar-refractivity contribution in [3.63, 3.8) is 0 Å². The van der Waals surface area contributed by atoms with Crippen molar-refractivity contribution in [3.8, 4) is 0 Å². The summed E-state index contributed by atoms with van der Waals surface area (Å²) in [5, 5.41) is 10.9. The van der Waals surface area contributed by atoms with Crippen molar-refractivity contribution < 1.29 is 14.6 Å². The Balaban J connectivity index is 0.901. The van der Waals surface area contributed by atoms with Gasteiger partial charge in [-0.2, -0.15) is 0 Å². The first-order valence-corrected chi connectivity index (χ1v) is 24.1. The van der Waals surface area contributed by atoms with Crippen LogP contribution < -0.4 is 15.5 Å². The van der Waals surface area contributed by atoms with Crippen LogP contribution in [0.5, 0.6) is 0 Å². The van der Waals surface area contributed by atoms with Gasteiger partial charge >= 0.3 is 6.09 Å². The minimum Gasteiger partial charge on any atom is -0.443 e. The van der Waals surface area contributed by atoms with Crippen molar-refractivity contribution in [2.75, 3.05) is 50.1 Å². The summed E-state index contributed by atoms with van der Waals surface area (Å²) in [5.74, 6) is 1.97. The van der Waals surface area contributed by atoms with Crippen LogP contribution in [0.3, 0.4) is 0 Å². The van der Waals surface area contributed by atoms with E-state index in [1.807, 2.05) is 47.6 Å². The largest absolute Gasteiger partial charge is 0.443 e. The third-order valence-electron chi connectivity index (χ3n) is 14.6. The average Bonchev–Trinajstić information content (AvgIpc) is 4.12. The summed E-state index contributed by atoms with van der Waals surface area (Å²) in [7, 11) is 4.29. The van der Waals surface area contributed by atoms with E-state index in [0.717, 1.165) is 128 Å². The molecule has 0 aromatic carbocycles. The van der Waals surface area contributed by atoms with Crippen LogP contribution in [0.15, 0.2) is 73.1 Å². The van der Waals surface area contributed by atoms with Gasteiger partial charge in [0.05, 0.1) is 58.9 Å². The molecule has 4 atom stereocenters. The maximum absolute atomic E-state index is 14.7. The van der Waals surface area contributed by atoms with E-state index >= 15 is 0 Å². The molecule has 6 aromatic heterocycles. The molecule has 15 nitrogen and oxygen atoms in total. The summed E-state index contributed by atoms with van der Waals surface area (Å²) in [6.45, 7) is 10.3. The Morgan fingerprint density at radius 1 is 0.742 bits per heavy atom. The molecular formula is C51H66N12O3. The molecule has 2 aliphatic carbocycles. The normalized spacial score (nSPS) is 21.0. The second kappa shape index (κ2) is 18.2. The molecule has 15 heteroatoms. The Morgan fingerprint density at radius 2 is 1.29 bits per heavy atom. The summed E-state index contributed by atoms with van der Waals surface area (Å²) in [5.41, 5.74) is 15.9. The Kier molecular flexibility index (Phi) is 12.2. The number of rotatable bonds is 12. The number of imidazole rings is 2. The lowest BCUT2D eigenvalue weighted by atomic mass is 9.91. The highest BCUT2D eigenvalue weighted by atomic mass is 16.6. The first-order chi connectivity index (χ1) is 32.0. The molecule has 348 valence electrons. The minimum atomic E-state index is -0.528. The molecule has 1 amide bonds. The van der Waals surface area contributed by atoms with Crippen LogP contribution in [0.4, 0.5) is 16.4 Å². The van der Waals surface area contributed by atoms with Gasteiger partial charge in [-0.1, -0.05) is 24.3 Å². The first-order valence-electron chi connectivity index (χ1n) is 24.1. The number of carbonyl (C=O) groups excluding carboxylic acids is 1. The van der Waals surface area contributed by atoms with E-state index in [1.54, 1.807) is 0 Å². The number of aromatic nitrogens is 6. The fourth-order valence-electron chi connectivity index (χ4n) is 11.5. The van der Waals surface area contributed by atoms with Gasteiger partial charge in [-0.05, 0) is 134 Å². The maximum Gasteiger partial charge on any atom is 0.410 e. The van der Waals surface area contributed by atoms with Gasteiger partial charge < -0.3 is 25.4 Å². The van der Waals surface area contributed by atoms with E-state index in [-0.39, 0.29) is 43.5 Å². The zero-order valence-corrected chi connectivity index (χ0v) is 39.3. The fraction of sp³-hybridized carbons (Fsp3) is 0.510. The molecule has 2 aliphatic heterocycles. The molecule has 2 fully saturated rings. The number of anilines is 2. The molecule has 3 N–H and O–H groups in total. The van der Waals surface area contributed by atoms with E-state index in [2.05, 4.69) is 93.6 Å². The molecule has 0 saturated carbocycles. The molecule has 0 spiro atoms. The Morgan fingerprint density at radius 3 is 1.83 bits per heavy atom. The van der Waals surface area contributed by atoms with Crippen molar-refractivity contribution >= 4 is 29.0 Å². The molecule has 4 aliphatic rings. The number of amides is 1. The first kappa shape index (κ1) is 44.2. The molecule has 0 radical (unpaired) electrons. The maximum atomic E-state index is 14.7. The van der Waals surface area contributed by atoms with Crippen LogP contribution >= 0.6 is 0 Å². The van der Waals surface area contributed by atoms with Gasteiger partial charge in [-0.25, -0.2) is 14.8 Å². The van der Waals surface area contributed by atoms with Gasteiger partial charge in [0.2, 0.25) is 0 Å². The van der Waals surface area contributed by atoms with E-state index in [0.29, 0.717) is 19.6 Å². The van der Waals surface area contributed by atoms with E-state index in [9.17, 15) is 9.90 Å². The van der Waals surface area contributed by atoms with E-state index in [1.165, 1.54) is 11.1 Å². The van der Waals surface area contributed by atoms with Crippen molar-refractivity contribution in [1.29, 1.82) is 0 Å². The topological polar surface area (TPSA) is 149 Å². The van der Waals surface area contributed by atoms with Crippen molar-refractivity contribution in [2.24, 2.45) is 5.73 Å². The van der Waals surface area contributed by atoms with Crippen LogP contribution in [0.25, 0.3) is 11.3 Å². The Hall–Kier alpha value is -5.61. The molecule has 66 heavy (non-hydrogen) atoms. The Labute approximate surface area is 388 Å². The number of nitrogens with two attached hydrogens (primary N) is 1. The summed E-state index contributed by atoms with van der Waals surface area (Å²) >= 11 is 0. The van der Waals surface area contributed by atoms with Gasteiger partial charge in [-0.15, -0.1) is 0 Å². The smallest absolute Gasteiger partial charge is 0.410 e. The zero-order chi connectivity index (χ0) is 45.7. The lowest BCUT2D eigenvalue weighted by Crippen LogP contribution is -2.52. The highest BCUT2D eigenvalue weighted by molar-refractivity contribution is 5.70. The SMILES string of the molecule is CN(Cc1nc2cccc(N3CC[C@@H](N)C3)n2c1COC(=O)N([C@@H]1CCN(c2cccc3nc(CN(C)[C@H]4CCCc5cccnc54)c(CO)n23)C1)C(C)(C)C)[C@H]1CCCc2cccnc21. The third-order valence-corrected chi connectivity index (χ3v) is 14.6. The molecule has 0 bridgehead atoms. The zero-order valence-electron chi connectivity index (χ0n) is 39.3. The number of fused-ring (bicyclic) bond motifs is 4. The summed E-state index contributed by atoms with van der Waals surface area (Å²) in [6, 6.07) is 21.2. The molecule has 8 heterocycles. The van der Waals surface area contributed by atoms with Crippen molar-refractivity contribution in [1.82, 2.24) is 43.4 Å². The van der Waals surface area contributed by atoms with Gasteiger partial charge in [0.1, 0.15) is 29.5 Å².